The van der Waals surface area contributed by atoms with Crippen molar-refractivity contribution >= 4 is 0 Å². The van der Waals surface area contributed by atoms with Crippen LogP contribution in [0.4, 0.5) is 0 Å². The average Bonchev–Trinajstić information content (AvgIpc) is 2.63. The molecule has 86 valence electrons. The highest BCUT2D eigenvalue weighted by Crippen LogP contribution is 2.21. The first-order valence-electron chi connectivity index (χ1n) is 5.79. The van der Waals surface area contributed by atoms with Gasteiger partial charge in [-0.05, 0) is 31.7 Å². The highest BCUT2D eigenvalue weighted by molar-refractivity contribution is 5.09. The molecule has 3 nitrogen and oxygen atoms in total. The number of rotatable bonds is 5. The van der Waals surface area contributed by atoms with Gasteiger partial charge in [-0.25, -0.2) is 0 Å². The molecule has 15 heavy (non-hydrogen) atoms. The standard InChI is InChI=1S/C12H23N3/c1-5-10(3)12(4,13)7-11-8-14-15(6-2)9-11/h8-10H,5-7,13H2,1-4H3. The molecule has 0 bridgehead atoms. The molecule has 0 fully saturated rings. The Morgan fingerprint density at radius 3 is 2.67 bits per heavy atom. The van der Waals surface area contributed by atoms with Crippen LogP contribution in [0, 0.1) is 5.92 Å². The molecule has 1 aromatic heterocycles. The van der Waals surface area contributed by atoms with Crippen molar-refractivity contribution in [3.05, 3.63) is 18.0 Å². The Bertz CT molecular complexity index is 302. The van der Waals surface area contributed by atoms with Gasteiger partial charge in [0.05, 0.1) is 6.20 Å². The molecular formula is C12H23N3. The van der Waals surface area contributed by atoms with Crippen LogP contribution in [0.2, 0.25) is 0 Å². The Morgan fingerprint density at radius 2 is 2.20 bits per heavy atom. The minimum absolute atomic E-state index is 0.129. The van der Waals surface area contributed by atoms with Crippen molar-refractivity contribution < 1.29 is 0 Å². The van der Waals surface area contributed by atoms with Crippen LogP contribution in [-0.2, 0) is 13.0 Å². The molecule has 1 heterocycles. The number of nitrogens with zero attached hydrogens (tertiary/aromatic N) is 2. The predicted molar refractivity (Wildman–Crippen MR) is 63.7 cm³/mol. The minimum Gasteiger partial charge on any atom is -0.325 e. The summed E-state index contributed by atoms with van der Waals surface area (Å²) in [6.07, 6.45) is 6.04. The van der Waals surface area contributed by atoms with E-state index in [-0.39, 0.29) is 5.54 Å². The van der Waals surface area contributed by atoms with Crippen LogP contribution in [0.1, 0.15) is 39.7 Å². The van der Waals surface area contributed by atoms with E-state index in [1.807, 2.05) is 10.9 Å². The lowest BCUT2D eigenvalue weighted by Crippen LogP contribution is -2.44. The van der Waals surface area contributed by atoms with E-state index >= 15 is 0 Å². The van der Waals surface area contributed by atoms with Gasteiger partial charge < -0.3 is 5.73 Å². The van der Waals surface area contributed by atoms with Crippen LogP contribution in [-0.4, -0.2) is 15.3 Å². The number of aromatic nitrogens is 2. The summed E-state index contributed by atoms with van der Waals surface area (Å²) in [7, 11) is 0. The molecule has 0 aromatic carbocycles. The smallest absolute Gasteiger partial charge is 0.0522 e. The molecule has 0 radical (unpaired) electrons. The van der Waals surface area contributed by atoms with Crippen LogP contribution in [0.3, 0.4) is 0 Å². The first-order valence-corrected chi connectivity index (χ1v) is 5.79. The van der Waals surface area contributed by atoms with Gasteiger partial charge in [0.1, 0.15) is 0 Å². The summed E-state index contributed by atoms with van der Waals surface area (Å²) in [5, 5.41) is 4.27. The van der Waals surface area contributed by atoms with Crippen LogP contribution >= 0.6 is 0 Å². The second-order valence-electron chi connectivity index (χ2n) is 4.70. The number of nitrogens with two attached hydrogens (primary N) is 1. The molecule has 0 aliphatic heterocycles. The zero-order valence-corrected chi connectivity index (χ0v) is 10.3. The van der Waals surface area contributed by atoms with Gasteiger partial charge in [0.25, 0.3) is 0 Å². The third-order valence-corrected chi connectivity index (χ3v) is 3.33. The summed E-state index contributed by atoms with van der Waals surface area (Å²) in [6.45, 7) is 9.54. The normalized spacial score (nSPS) is 17.4. The Balaban J connectivity index is 2.68. The fourth-order valence-corrected chi connectivity index (χ4v) is 1.75. The van der Waals surface area contributed by atoms with E-state index in [1.165, 1.54) is 5.56 Å². The average molecular weight is 209 g/mol. The zero-order chi connectivity index (χ0) is 11.5. The van der Waals surface area contributed by atoms with Crippen LogP contribution in [0.5, 0.6) is 0 Å². The molecule has 2 N–H and O–H groups in total. The molecule has 0 spiro atoms. The maximum atomic E-state index is 6.32. The first-order chi connectivity index (χ1) is 6.99. The van der Waals surface area contributed by atoms with E-state index in [4.69, 9.17) is 5.73 Å². The Labute approximate surface area is 92.7 Å². The Hall–Kier alpha value is -0.830. The Morgan fingerprint density at radius 1 is 1.53 bits per heavy atom. The van der Waals surface area contributed by atoms with Crippen molar-refractivity contribution in [2.24, 2.45) is 11.7 Å². The van der Waals surface area contributed by atoms with E-state index in [0.29, 0.717) is 5.92 Å². The van der Waals surface area contributed by atoms with Gasteiger partial charge in [0, 0.05) is 18.3 Å². The highest BCUT2D eigenvalue weighted by atomic mass is 15.3. The van der Waals surface area contributed by atoms with Crippen LogP contribution in [0.25, 0.3) is 0 Å². The minimum atomic E-state index is -0.129. The molecule has 2 atom stereocenters. The fraction of sp³-hybridized carbons (Fsp3) is 0.750. The Kier molecular flexibility index (Phi) is 3.91. The predicted octanol–water partition coefficient (Wildman–Crippen LogP) is 2.21. The number of hydrogen-bond acceptors (Lipinski definition) is 2. The van der Waals surface area contributed by atoms with Crippen molar-refractivity contribution in [3.8, 4) is 0 Å². The first kappa shape index (κ1) is 12.2. The van der Waals surface area contributed by atoms with Gasteiger partial charge in [0.2, 0.25) is 0 Å². The lowest BCUT2D eigenvalue weighted by atomic mass is 9.82. The van der Waals surface area contributed by atoms with Gasteiger partial charge in [-0.15, -0.1) is 0 Å². The van der Waals surface area contributed by atoms with Crippen molar-refractivity contribution in [1.29, 1.82) is 0 Å². The largest absolute Gasteiger partial charge is 0.325 e. The number of aryl methyl sites for hydroxylation is 1. The van der Waals surface area contributed by atoms with Crippen molar-refractivity contribution in [2.45, 2.75) is 52.6 Å². The van der Waals surface area contributed by atoms with Gasteiger partial charge in [-0.3, -0.25) is 4.68 Å². The summed E-state index contributed by atoms with van der Waals surface area (Å²) in [5.74, 6) is 0.530. The third kappa shape index (κ3) is 3.06. The van der Waals surface area contributed by atoms with E-state index in [9.17, 15) is 0 Å². The van der Waals surface area contributed by atoms with Gasteiger partial charge in [-0.2, -0.15) is 5.10 Å². The third-order valence-electron chi connectivity index (χ3n) is 3.33. The highest BCUT2D eigenvalue weighted by Gasteiger charge is 2.25. The summed E-state index contributed by atoms with van der Waals surface area (Å²) < 4.78 is 1.95. The maximum Gasteiger partial charge on any atom is 0.0522 e. The summed E-state index contributed by atoms with van der Waals surface area (Å²) in [6, 6.07) is 0. The van der Waals surface area contributed by atoms with E-state index in [2.05, 4.69) is 39.0 Å². The summed E-state index contributed by atoms with van der Waals surface area (Å²) >= 11 is 0. The SMILES string of the molecule is CCC(C)C(C)(N)Cc1cnn(CC)c1. The van der Waals surface area contributed by atoms with E-state index in [1.54, 1.807) is 0 Å². The van der Waals surface area contributed by atoms with E-state index < -0.39 is 0 Å². The van der Waals surface area contributed by atoms with Gasteiger partial charge in [-0.1, -0.05) is 20.3 Å². The maximum absolute atomic E-state index is 6.32. The zero-order valence-electron chi connectivity index (χ0n) is 10.3. The molecule has 0 aliphatic carbocycles. The van der Waals surface area contributed by atoms with Crippen molar-refractivity contribution in [3.63, 3.8) is 0 Å². The molecular weight excluding hydrogens is 186 g/mol. The lowest BCUT2D eigenvalue weighted by Gasteiger charge is -2.30. The second kappa shape index (κ2) is 4.79. The quantitative estimate of drug-likeness (QED) is 0.808. The van der Waals surface area contributed by atoms with Gasteiger partial charge in [0.15, 0.2) is 0 Å². The molecule has 1 rings (SSSR count). The fourth-order valence-electron chi connectivity index (χ4n) is 1.75. The number of hydrogen-bond donors (Lipinski definition) is 1. The lowest BCUT2D eigenvalue weighted by molar-refractivity contribution is 0.306. The van der Waals surface area contributed by atoms with Crippen molar-refractivity contribution in [1.82, 2.24) is 9.78 Å². The molecule has 0 saturated heterocycles. The topological polar surface area (TPSA) is 43.8 Å². The van der Waals surface area contributed by atoms with E-state index in [0.717, 1.165) is 19.4 Å². The summed E-state index contributed by atoms with van der Waals surface area (Å²) in [4.78, 5) is 0. The molecule has 1 aromatic rings. The second-order valence-corrected chi connectivity index (χ2v) is 4.70. The summed E-state index contributed by atoms with van der Waals surface area (Å²) in [5.41, 5.74) is 7.43. The molecule has 0 saturated carbocycles. The van der Waals surface area contributed by atoms with Crippen LogP contribution in [0.15, 0.2) is 12.4 Å². The molecule has 3 heteroatoms. The molecule has 0 amide bonds. The van der Waals surface area contributed by atoms with Crippen molar-refractivity contribution in [2.75, 3.05) is 0 Å². The molecule has 0 aliphatic rings. The van der Waals surface area contributed by atoms with Gasteiger partial charge >= 0.3 is 0 Å². The monoisotopic (exact) mass is 209 g/mol. The van der Waals surface area contributed by atoms with Crippen LogP contribution < -0.4 is 5.73 Å². The molecule has 2 unspecified atom stereocenters.